The smallest absolute Gasteiger partial charge is 0.176 e. The van der Waals surface area contributed by atoms with Crippen LogP contribution in [0.5, 0.6) is 0 Å². The van der Waals surface area contributed by atoms with Gasteiger partial charge in [-0.25, -0.2) is 0 Å². The average molecular weight is 414 g/mol. The molecule has 3 aliphatic carbocycles. The van der Waals surface area contributed by atoms with Gasteiger partial charge in [-0.3, -0.25) is 0 Å². The zero-order valence-electron chi connectivity index (χ0n) is 20.3. The van der Waals surface area contributed by atoms with Crippen LogP contribution in [0.2, 0.25) is 0 Å². The lowest BCUT2D eigenvalue weighted by Gasteiger charge is -2.43. The van der Waals surface area contributed by atoms with E-state index in [0.717, 1.165) is 30.1 Å². The molecule has 7 atom stereocenters. The second-order valence-corrected chi connectivity index (χ2v) is 11.1. The fourth-order valence-electron chi connectivity index (χ4n) is 7.73. The Balaban J connectivity index is 1.77. The van der Waals surface area contributed by atoms with Gasteiger partial charge in [-0.2, -0.15) is 0 Å². The molecular formula is C28H47NO. The van der Waals surface area contributed by atoms with Crippen LogP contribution in [0.4, 0.5) is 0 Å². The summed E-state index contributed by atoms with van der Waals surface area (Å²) in [7, 11) is 0. The van der Waals surface area contributed by atoms with E-state index in [2.05, 4.69) is 46.1 Å². The maximum atomic E-state index is 5.58. The summed E-state index contributed by atoms with van der Waals surface area (Å²) in [5.74, 6) is 12.0. The third-order valence-corrected chi connectivity index (χ3v) is 9.34. The molecule has 0 spiro atoms. The van der Waals surface area contributed by atoms with Gasteiger partial charge in [0.25, 0.3) is 0 Å². The molecule has 2 nitrogen and oxygen atoms in total. The fraction of sp³-hybridized carbons (Fsp3) is 0.857. The highest BCUT2D eigenvalue weighted by atomic mass is 16.5. The third-order valence-electron chi connectivity index (χ3n) is 9.34. The quantitative estimate of drug-likeness (QED) is 0.245. The second kappa shape index (κ2) is 10.0. The highest BCUT2D eigenvalue weighted by molar-refractivity contribution is 5.21. The molecule has 0 amide bonds. The minimum Gasteiger partial charge on any atom is -0.480 e. The lowest BCUT2D eigenvalue weighted by atomic mass is 9.61. The number of fused-ring (bicyclic) bond motifs is 1. The van der Waals surface area contributed by atoms with Crippen LogP contribution >= 0.6 is 0 Å². The van der Waals surface area contributed by atoms with Crippen LogP contribution in [0.3, 0.4) is 0 Å². The lowest BCUT2D eigenvalue weighted by molar-refractivity contribution is 0.0700. The first kappa shape index (κ1) is 23.6. The summed E-state index contributed by atoms with van der Waals surface area (Å²) in [5.41, 5.74) is 6.27. The summed E-state index contributed by atoms with van der Waals surface area (Å²) in [6.07, 6.45) is 15.8. The van der Waals surface area contributed by atoms with Crippen molar-refractivity contribution < 1.29 is 4.74 Å². The zero-order chi connectivity index (χ0) is 21.8. The van der Waals surface area contributed by atoms with Gasteiger partial charge in [-0.15, -0.1) is 0 Å². The molecule has 2 fully saturated rings. The number of rotatable bonds is 9. The van der Waals surface area contributed by atoms with Gasteiger partial charge >= 0.3 is 0 Å². The van der Waals surface area contributed by atoms with E-state index in [1.807, 2.05) is 0 Å². The molecular weight excluding hydrogens is 366 g/mol. The number of hydrogen-bond donors (Lipinski definition) is 1. The summed E-state index contributed by atoms with van der Waals surface area (Å²) in [4.78, 5) is 0. The summed E-state index contributed by atoms with van der Waals surface area (Å²) < 4.78 is 5.44. The Morgan fingerprint density at radius 1 is 1.13 bits per heavy atom. The molecule has 2 heteroatoms. The van der Waals surface area contributed by atoms with Crippen molar-refractivity contribution in [3.63, 3.8) is 0 Å². The number of hydrogen-bond acceptors (Lipinski definition) is 2. The molecule has 0 aromatic carbocycles. The summed E-state index contributed by atoms with van der Waals surface area (Å²) in [5, 5.41) is 0. The van der Waals surface area contributed by atoms with Crippen LogP contribution in [0.25, 0.3) is 0 Å². The van der Waals surface area contributed by atoms with Gasteiger partial charge < -0.3 is 10.5 Å². The Labute approximate surface area is 186 Å². The molecule has 2 saturated carbocycles. The zero-order valence-corrected chi connectivity index (χ0v) is 20.3. The van der Waals surface area contributed by atoms with Gasteiger partial charge in [0, 0.05) is 11.3 Å². The largest absolute Gasteiger partial charge is 0.480 e. The molecule has 0 aliphatic heterocycles. The molecule has 5 unspecified atom stereocenters. The molecule has 0 heterocycles. The van der Waals surface area contributed by atoms with Gasteiger partial charge in [0.05, 0.1) is 6.61 Å². The monoisotopic (exact) mass is 413 g/mol. The number of nitrogens with two attached hydrogens (primary N) is 1. The second-order valence-electron chi connectivity index (χ2n) is 11.1. The molecule has 3 rings (SSSR count). The Hall–Kier alpha value is -1.10. The van der Waals surface area contributed by atoms with E-state index in [0.29, 0.717) is 23.8 Å². The molecule has 0 bridgehead atoms. The SMILES string of the molecule is C=C(N)OCCCC1CCC(C2C#CC3(C)CCCCC3[C@@H](CC)C2)[C@]1(C)CCC. The Morgan fingerprint density at radius 3 is 2.63 bits per heavy atom. The molecule has 0 radical (unpaired) electrons. The highest BCUT2D eigenvalue weighted by Crippen LogP contribution is 2.58. The van der Waals surface area contributed by atoms with Crippen molar-refractivity contribution in [1.82, 2.24) is 0 Å². The molecule has 2 N–H and O–H groups in total. The predicted molar refractivity (Wildman–Crippen MR) is 127 cm³/mol. The van der Waals surface area contributed by atoms with Gasteiger partial charge in [-0.1, -0.05) is 58.3 Å². The fourth-order valence-corrected chi connectivity index (χ4v) is 7.73. The van der Waals surface area contributed by atoms with E-state index in [-0.39, 0.29) is 5.41 Å². The van der Waals surface area contributed by atoms with Crippen molar-refractivity contribution in [3.05, 3.63) is 12.5 Å². The molecule has 0 aromatic heterocycles. The summed E-state index contributed by atoms with van der Waals surface area (Å²) in [6, 6.07) is 0. The molecule has 30 heavy (non-hydrogen) atoms. The first-order valence-corrected chi connectivity index (χ1v) is 12.9. The average Bonchev–Trinajstić information content (AvgIpc) is 2.93. The maximum absolute atomic E-state index is 5.58. The topological polar surface area (TPSA) is 35.2 Å². The summed E-state index contributed by atoms with van der Waals surface area (Å²) in [6.45, 7) is 14.2. The van der Waals surface area contributed by atoms with Gasteiger partial charge in [-0.05, 0) is 94.0 Å². The number of ether oxygens (including phenoxy) is 1. The Bertz CT molecular complexity index is 645. The molecule has 3 aliphatic rings. The predicted octanol–water partition coefficient (Wildman–Crippen LogP) is 7.29. The van der Waals surface area contributed by atoms with Crippen molar-refractivity contribution in [1.29, 1.82) is 0 Å². The van der Waals surface area contributed by atoms with Crippen LogP contribution < -0.4 is 5.73 Å². The van der Waals surface area contributed by atoms with E-state index in [4.69, 9.17) is 10.5 Å². The Morgan fingerprint density at radius 2 is 1.93 bits per heavy atom. The van der Waals surface area contributed by atoms with Crippen LogP contribution in [-0.2, 0) is 4.74 Å². The van der Waals surface area contributed by atoms with Gasteiger partial charge in [0.2, 0.25) is 0 Å². The van der Waals surface area contributed by atoms with E-state index in [9.17, 15) is 0 Å². The molecule has 0 aromatic rings. The lowest BCUT2D eigenvalue weighted by Crippen LogP contribution is -2.36. The van der Waals surface area contributed by atoms with Crippen LogP contribution in [0, 0.1) is 52.3 Å². The summed E-state index contributed by atoms with van der Waals surface area (Å²) >= 11 is 0. The van der Waals surface area contributed by atoms with Crippen LogP contribution in [0.15, 0.2) is 12.5 Å². The highest BCUT2D eigenvalue weighted by Gasteiger charge is 2.50. The van der Waals surface area contributed by atoms with E-state index in [1.165, 1.54) is 70.6 Å². The van der Waals surface area contributed by atoms with Crippen molar-refractivity contribution in [3.8, 4) is 11.8 Å². The normalized spacial score (nSPS) is 40.7. The minimum atomic E-state index is 0.273. The van der Waals surface area contributed by atoms with E-state index in [1.54, 1.807) is 0 Å². The third kappa shape index (κ3) is 4.87. The first-order valence-electron chi connectivity index (χ1n) is 12.9. The first-order chi connectivity index (χ1) is 14.3. The van der Waals surface area contributed by atoms with Crippen molar-refractivity contribution in [2.45, 2.75) is 105 Å². The van der Waals surface area contributed by atoms with Gasteiger partial charge in [0.1, 0.15) is 0 Å². The van der Waals surface area contributed by atoms with Crippen LogP contribution in [0.1, 0.15) is 105 Å². The Kier molecular flexibility index (Phi) is 7.86. The van der Waals surface area contributed by atoms with E-state index < -0.39 is 0 Å². The van der Waals surface area contributed by atoms with Crippen LogP contribution in [-0.4, -0.2) is 6.61 Å². The van der Waals surface area contributed by atoms with Crippen molar-refractivity contribution in [2.75, 3.05) is 6.61 Å². The van der Waals surface area contributed by atoms with E-state index >= 15 is 0 Å². The van der Waals surface area contributed by atoms with Crippen molar-refractivity contribution in [2.24, 2.45) is 46.2 Å². The van der Waals surface area contributed by atoms with Gasteiger partial charge in [0.15, 0.2) is 5.88 Å². The standard InChI is InChI=1S/C28H47NO/c1-6-16-28(5)24(11-10-19-30-21(3)29)13-14-26(28)23-15-18-27(4)17-9-8-12-25(27)22(7-2)20-23/h22-26H,3,6-14,16-17,19-20,29H2,1-2,4-5H3/t22-,23?,24?,25?,26?,27?,28+/m0/s1. The molecule has 0 saturated heterocycles. The van der Waals surface area contributed by atoms with Crippen molar-refractivity contribution >= 4 is 0 Å². The minimum absolute atomic E-state index is 0.273. The maximum Gasteiger partial charge on any atom is 0.176 e. The molecule has 170 valence electrons.